The monoisotopic (exact) mass is 474 g/mol. The van der Waals surface area contributed by atoms with Crippen molar-refractivity contribution in [1.82, 2.24) is 0 Å². The molecule has 4 rings (SSSR count). The molecule has 2 aromatic carbocycles. The van der Waals surface area contributed by atoms with E-state index in [-0.39, 0.29) is 72.6 Å². The molecule has 2 unspecified atom stereocenters. The van der Waals surface area contributed by atoms with Crippen molar-refractivity contribution in [2.45, 2.75) is 22.4 Å². The Morgan fingerprint density at radius 3 is 1.42 bits per heavy atom. The summed E-state index contributed by atoms with van der Waals surface area (Å²) in [5, 5.41) is 3.60. The zero-order valence-electron chi connectivity index (χ0n) is 14.9. The van der Waals surface area contributed by atoms with E-state index < -0.39 is 0 Å². The first-order chi connectivity index (χ1) is 11.3. The van der Waals surface area contributed by atoms with E-state index in [1.165, 1.54) is 11.1 Å². The third kappa shape index (κ3) is 4.28. The quantitative estimate of drug-likeness (QED) is 0.388. The SMILES string of the molecule is C[SiH2]C1=Cc2ccccc2[CH]1[V+3][CH]1C([SiH2]C)=Cc2ccccc21.[Cl-].[Cl-].[Cl-]. The third-order valence-corrected chi connectivity index (χ3v) is 11.9. The van der Waals surface area contributed by atoms with Crippen LogP contribution in [0, 0.1) is 0 Å². The van der Waals surface area contributed by atoms with Crippen LogP contribution in [0.1, 0.15) is 31.5 Å². The molecule has 6 heteroatoms. The van der Waals surface area contributed by atoms with Crippen molar-refractivity contribution in [1.29, 1.82) is 0 Å². The van der Waals surface area contributed by atoms with Crippen molar-refractivity contribution >= 4 is 31.2 Å². The Hall–Kier alpha value is -0.192. The van der Waals surface area contributed by atoms with Gasteiger partial charge in [0, 0.05) is 0 Å². The summed E-state index contributed by atoms with van der Waals surface area (Å²) in [5.74, 6) is 0. The van der Waals surface area contributed by atoms with Gasteiger partial charge in [0.25, 0.3) is 0 Å². The summed E-state index contributed by atoms with van der Waals surface area (Å²) in [4.78, 5) is 0. The van der Waals surface area contributed by atoms with Crippen molar-refractivity contribution in [2.24, 2.45) is 0 Å². The van der Waals surface area contributed by atoms with E-state index in [2.05, 4.69) is 73.8 Å². The summed E-state index contributed by atoms with van der Waals surface area (Å²) in [6.07, 6.45) is 5.05. The van der Waals surface area contributed by atoms with Crippen LogP contribution in [0.4, 0.5) is 0 Å². The number of halogens is 3. The maximum Gasteiger partial charge on any atom is -1.00 e. The van der Waals surface area contributed by atoms with Gasteiger partial charge in [0.05, 0.1) is 0 Å². The minimum atomic E-state index is -0.0812. The predicted octanol–water partition coefficient (Wildman–Crippen LogP) is -5.29. The first-order valence-corrected chi connectivity index (χ1v) is 14.5. The van der Waals surface area contributed by atoms with Crippen LogP contribution in [0.2, 0.25) is 13.1 Å². The van der Waals surface area contributed by atoms with Gasteiger partial charge in [0.2, 0.25) is 0 Å². The summed E-state index contributed by atoms with van der Waals surface area (Å²) in [6.45, 7) is 4.92. The van der Waals surface area contributed by atoms with E-state index in [1.807, 2.05) is 0 Å². The molecule has 2 atom stereocenters. The minimum Gasteiger partial charge on any atom is -1.00 e. The minimum absolute atomic E-state index is 0. The molecule has 0 N–H and O–H groups in total. The Bertz CT molecular complexity index is 753. The van der Waals surface area contributed by atoms with Crippen molar-refractivity contribution in [3.05, 3.63) is 81.2 Å². The van der Waals surface area contributed by atoms with Crippen LogP contribution in [0.25, 0.3) is 12.2 Å². The van der Waals surface area contributed by atoms with Gasteiger partial charge in [0.1, 0.15) is 0 Å². The van der Waals surface area contributed by atoms with Gasteiger partial charge in [-0.15, -0.1) is 0 Å². The van der Waals surface area contributed by atoms with Crippen LogP contribution in [0.5, 0.6) is 0 Å². The van der Waals surface area contributed by atoms with Crippen molar-refractivity contribution in [3.8, 4) is 0 Å². The van der Waals surface area contributed by atoms with E-state index in [4.69, 9.17) is 0 Å². The molecule has 2 aliphatic carbocycles. The van der Waals surface area contributed by atoms with Gasteiger partial charge in [0.15, 0.2) is 0 Å². The van der Waals surface area contributed by atoms with Crippen LogP contribution < -0.4 is 37.2 Å². The molecule has 136 valence electrons. The molecule has 26 heavy (non-hydrogen) atoms. The Labute approximate surface area is 187 Å². The van der Waals surface area contributed by atoms with Gasteiger partial charge in [-0.2, -0.15) is 0 Å². The number of allylic oxidation sites excluding steroid dienone is 2. The van der Waals surface area contributed by atoms with Crippen LogP contribution in [0.3, 0.4) is 0 Å². The summed E-state index contributed by atoms with van der Waals surface area (Å²) in [6, 6.07) is 18.2. The average molecular weight is 476 g/mol. The number of hydrogen-bond acceptors (Lipinski definition) is 0. The molecule has 0 saturated carbocycles. The zero-order valence-corrected chi connectivity index (χ0v) is 21.4. The normalized spacial score (nSPS) is 19.8. The van der Waals surface area contributed by atoms with E-state index >= 15 is 0 Å². The summed E-state index contributed by atoms with van der Waals surface area (Å²) in [5.41, 5.74) is 6.25. The molecule has 2 aliphatic rings. The van der Waals surface area contributed by atoms with Crippen molar-refractivity contribution < 1.29 is 53.5 Å². The summed E-state index contributed by atoms with van der Waals surface area (Å²) >= 11 is 0.258. The van der Waals surface area contributed by atoms with Gasteiger partial charge >= 0.3 is 151 Å². The number of fused-ring (bicyclic) bond motifs is 2. The van der Waals surface area contributed by atoms with Crippen molar-refractivity contribution in [3.63, 3.8) is 0 Å². The van der Waals surface area contributed by atoms with Gasteiger partial charge in [-0.05, 0) is 0 Å². The Morgan fingerprint density at radius 1 is 0.654 bits per heavy atom. The Kier molecular flexibility index (Phi) is 9.52. The standard InChI is InChI=1S/2C10H11Si.3ClH.V/c2*1-11-10-6-8-4-2-3-5-9(8)7-10;;;;/h2*2-7H,11H2,1H3;3*1H;/q;;;;;+3/p-3. The second-order valence-corrected chi connectivity index (χ2v) is 11.5. The molecule has 0 radical (unpaired) electrons. The summed E-state index contributed by atoms with van der Waals surface area (Å²) < 4.78 is 1.53. The molecule has 0 nitrogen and oxygen atoms in total. The number of hydrogen-bond donors (Lipinski definition) is 0. The van der Waals surface area contributed by atoms with E-state index in [1.54, 1.807) is 21.5 Å². The van der Waals surface area contributed by atoms with Gasteiger partial charge in [-0.25, -0.2) is 0 Å². The van der Waals surface area contributed by atoms with Gasteiger partial charge in [-0.3, -0.25) is 0 Å². The first kappa shape index (κ1) is 23.8. The Balaban J connectivity index is 0.00000113. The average Bonchev–Trinajstić information content (AvgIpc) is 3.14. The molecule has 0 spiro atoms. The van der Waals surface area contributed by atoms with Crippen molar-refractivity contribution in [2.75, 3.05) is 0 Å². The fraction of sp³-hybridized carbons (Fsp3) is 0.200. The maximum atomic E-state index is 2.52. The summed E-state index contributed by atoms with van der Waals surface area (Å²) in [7, 11) is -0.162. The third-order valence-electron chi connectivity index (χ3n) is 5.08. The second-order valence-electron chi connectivity index (χ2n) is 6.36. The molecule has 0 fully saturated rings. The molecular formula is C20H22Cl3Si2V. The number of rotatable bonds is 4. The van der Waals surface area contributed by atoms with E-state index in [0.717, 1.165) is 9.26 Å². The Morgan fingerprint density at radius 2 is 1.04 bits per heavy atom. The predicted molar refractivity (Wildman–Crippen MR) is 103 cm³/mol. The fourth-order valence-corrected chi connectivity index (χ4v) is 11.0. The molecule has 0 aromatic heterocycles. The van der Waals surface area contributed by atoms with Gasteiger partial charge in [-0.1, -0.05) is 0 Å². The molecule has 2 aromatic rings. The molecule has 0 aliphatic heterocycles. The molecule has 0 saturated heterocycles. The molecule has 0 heterocycles. The van der Waals surface area contributed by atoms with Crippen LogP contribution in [0.15, 0.2) is 58.9 Å². The van der Waals surface area contributed by atoms with E-state index in [9.17, 15) is 0 Å². The molecular weight excluding hydrogens is 454 g/mol. The molecule has 0 amide bonds. The van der Waals surface area contributed by atoms with E-state index in [0.29, 0.717) is 0 Å². The fourth-order valence-electron chi connectivity index (χ4n) is 3.83. The van der Waals surface area contributed by atoms with Crippen LogP contribution in [-0.4, -0.2) is 19.0 Å². The van der Waals surface area contributed by atoms with Crippen LogP contribution in [-0.2, 0) is 16.3 Å². The zero-order chi connectivity index (χ0) is 15.8. The second kappa shape index (κ2) is 10.4. The largest absolute Gasteiger partial charge is 1.00 e. The number of benzene rings is 2. The maximum absolute atomic E-state index is 2.52. The van der Waals surface area contributed by atoms with Crippen LogP contribution >= 0.6 is 0 Å². The van der Waals surface area contributed by atoms with Gasteiger partial charge < -0.3 is 37.2 Å². The smallest absolute Gasteiger partial charge is 1.00 e. The first-order valence-electron chi connectivity index (χ1n) is 8.60. The topological polar surface area (TPSA) is 0 Å². The molecule has 0 bridgehead atoms.